The Morgan fingerprint density at radius 2 is 1.50 bits per heavy atom. The van der Waals surface area contributed by atoms with E-state index in [-0.39, 0.29) is 30.8 Å². The second kappa shape index (κ2) is 13.7. The highest BCUT2D eigenvalue weighted by Crippen LogP contribution is 2.42. The minimum absolute atomic E-state index is 0.000289. The van der Waals surface area contributed by atoms with E-state index in [0.29, 0.717) is 13.1 Å². The molecular formula is C36H42N2O4. The van der Waals surface area contributed by atoms with E-state index >= 15 is 0 Å². The van der Waals surface area contributed by atoms with Crippen molar-refractivity contribution in [3.05, 3.63) is 131 Å². The largest absolute Gasteiger partial charge is 0.392 e. The highest BCUT2D eigenvalue weighted by molar-refractivity contribution is 5.65. The van der Waals surface area contributed by atoms with E-state index < -0.39 is 12.4 Å². The molecule has 0 radical (unpaired) electrons. The molecule has 42 heavy (non-hydrogen) atoms. The van der Waals surface area contributed by atoms with E-state index in [2.05, 4.69) is 36.1 Å². The van der Waals surface area contributed by atoms with Crippen molar-refractivity contribution < 1.29 is 19.7 Å². The van der Waals surface area contributed by atoms with Gasteiger partial charge in [-0.1, -0.05) is 97.9 Å². The van der Waals surface area contributed by atoms with Crippen molar-refractivity contribution >= 4 is 0 Å². The summed E-state index contributed by atoms with van der Waals surface area (Å²) < 4.78 is 13.4. The normalized spacial score (nSPS) is 22.2. The number of rotatable bonds is 10. The summed E-state index contributed by atoms with van der Waals surface area (Å²) in [5.74, 6) is 0.0363. The molecule has 4 aromatic carbocycles. The first-order valence-electron chi connectivity index (χ1n) is 14.7. The summed E-state index contributed by atoms with van der Waals surface area (Å²) in [5, 5.41) is 20.7. The average molecular weight is 567 g/mol. The highest BCUT2D eigenvalue weighted by atomic mass is 16.7. The maximum atomic E-state index is 11.1. The average Bonchev–Trinajstić information content (AvgIpc) is 3.05. The van der Waals surface area contributed by atoms with Gasteiger partial charge < -0.3 is 25.4 Å². The monoisotopic (exact) mass is 566 g/mol. The number of nitrogens with zero attached hydrogens (tertiary/aromatic N) is 1. The van der Waals surface area contributed by atoms with E-state index in [1.54, 1.807) is 0 Å². The van der Waals surface area contributed by atoms with Crippen LogP contribution in [-0.4, -0.2) is 40.9 Å². The van der Waals surface area contributed by atoms with Gasteiger partial charge in [-0.25, -0.2) is 0 Å². The van der Waals surface area contributed by atoms with Crippen LogP contribution in [0.25, 0.3) is 11.1 Å². The molecule has 0 saturated carbocycles. The molecule has 0 aromatic heterocycles. The molecule has 1 saturated heterocycles. The Kier molecular flexibility index (Phi) is 9.85. The fourth-order valence-electron chi connectivity index (χ4n) is 5.69. The Hall–Kier alpha value is -3.36. The molecule has 4 N–H and O–H groups in total. The number of ether oxygens (including phenoxy) is 2. The van der Waals surface area contributed by atoms with Crippen molar-refractivity contribution in [3.63, 3.8) is 0 Å². The molecule has 1 fully saturated rings. The molecule has 1 aliphatic heterocycles. The summed E-state index contributed by atoms with van der Waals surface area (Å²) in [5.41, 5.74) is 12.9. The minimum atomic E-state index is -0.620. The molecule has 220 valence electrons. The molecule has 1 heterocycles. The van der Waals surface area contributed by atoms with Crippen LogP contribution < -0.4 is 5.73 Å². The van der Waals surface area contributed by atoms with Crippen LogP contribution in [0.2, 0.25) is 0 Å². The van der Waals surface area contributed by atoms with Crippen LogP contribution in [0.4, 0.5) is 0 Å². The number of aliphatic hydroxyl groups excluding tert-OH is 2. The summed E-state index contributed by atoms with van der Waals surface area (Å²) >= 11 is 0. The Morgan fingerprint density at radius 1 is 0.810 bits per heavy atom. The van der Waals surface area contributed by atoms with Gasteiger partial charge in [-0.2, -0.15) is 0 Å². The lowest BCUT2D eigenvalue weighted by molar-refractivity contribution is -0.276. The second-order valence-electron chi connectivity index (χ2n) is 11.4. The lowest BCUT2D eigenvalue weighted by Crippen LogP contribution is -2.46. The van der Waals surface area contributed by atoms with Crippen LogP contribution in [-0.2, 0) is 22.6 Å². The fourth-order valence-corrected chi connectivity index (χ4v) is 5.69. The third-order valence-corrected chi connectivity index (χ3v) is 8.54. The molecule has 6 nitrogen and oxygen atoms in total. The number of hydrogen-bond donors (Lipinski definition) is 3. The number of aliphatic hydroxyl groups is 2. The van der Waals surface area contributed by atoms with Crippen molar-refractivity contribution in [2.45, 2.75) is 57.6 Å². The molecule has 0 bridgehead atoms. The zero-order valence-electron chi connectivity index (χ0n) is 24.6. The molecule has 0 aliphatic carbocycles. The Morgan fingerprint density at radius 3 is 2.19 bits per heavy atom. The quantitative estimate of drug-likeness (QED) is 0.213. The molecule has 4 aromatic rings. The second-order valence-corrected chi connectivity index (χ2v) is 11.4. The highest BCUT2D eigenvalue weighted by Gasteiger charge is 2.39. The van der Waals surface area contributed by atoms with E-state index in [1.165, 1.54) is 0 Å². The summed E-state index contributed by atoms with van der Waals surface area (Å²) in [6.45, 7) is 5.31. The molecule has 0 amide bonds. The molecular weight excluding hydrogens is 524 g/mol. The number of nitrogens with two attached hydrogens (primary N) is 1. The van der Waals surface area contributed by atoms with E-state index in [4.69, 9.17) is 15.2 Å². The number of benzene rings is 4. The third-order valence-electron chi connectivity index (χ3n) is 8.54. The van der Waals surface area contributed by atoms with Gasteiger partial charge in [0, 0.05) is 30.6 Å². The van der Waals surface area contributed by atoms with Gasteiger partial charge >= 0.3 is 0 Å². The third kappa shape index (κ3) is 6.81. The lowest BCUT2D eigenvalue weighted by Gasteiger charge is -2.43. The smallest absolute Gasteiger partial charge is 0.184 e. The first-order chi connectivity index (χ1) is 20.4. The molecule has 0 spiro atoms. The van der Waals surface area contributed by atoms with E-state index in [1.807, 2.05) is 92.8 Å². The van der Waals surface area contributed by atoms with Gasteiger partial charge in [0.05, 0.1) is 24.9 Å². The van der Waals surface area contributed by atoms with Crippen LogP contribution >= 0.6 is 0 Å². The van der Waals surface area contributed by atoms with Crippen molar-refractivity contribution in [2.24, 2.45) is 11.7 Å². The van der Waals surface area contributed by atoms with E-state index in [0.717, 1.165) is 38.9 Å². The lowest BCUT2D eigenvalue weighted by atomic mass is 9.89. The van der Waals surface area contributed by atoms with Crippen molar-refractivity contribution in [2.75, 3.05) is 13.6 Å². The topological polar surface area (TPSA) is 88.2 Å². The zero-order chi connectivity index (χ0) is 29.6. The van der Waals surface area contributed by atoms with Crippen LogP contribution in [0.15, 0.2) is 103 Å². The van der Waals surface area contributed by atoms with Gasteiger partial charge in [0.2, 0.25) is 0 Å². The first kappa shape index (κ1) is 30.1. The van der Waals surface area contributed by atoms with Crippen LogP contribution in [0.3, 0.4) is 0 Å². The Labute approximate surface area is 249 Å². The summed E-state index contributed by atoms with van der Waals surface area (Å²) in [6.07, 6.45) is -1.57. The van der Waals surface area contributed by atoms with Gasteiger partial charge in [-0.3, -0.25) is 4.90 Å². The molecule has 1 aliphatic rings. The number of likely N-dealkylation sites (N-methyl/N-ethyl adjacent to an activating group) is 1. The molecule has 0 unspecified atom stereocenters. The van der Waals surface area contributed by atoms with Gasteiger partial charge in [0.25, 0.3) is 0 Å². The van der Waals surface area contributed by atoms with Crippen molar-refractivity contribution in [1.82, 2.24) is 4.90 Å². The Balaban J connectivity index is 1.42. The maximum Gasteiger partial charge on any atom is 0.184 e. The standard InChI is InChI=1S/C36H42N2O4/c1-24-33(22-38(3)25(2)34(40)28-10-5-4-6-11-28)41-36(42-35(24)29-17-15-26(23-39)16-18-29)32-14-8-13-31(20-32)30-12-7-9-27(19-30)21-37/h4-20,24-25,33-36,39-40H,21-23,37H2,1-3H3/t24-,25-,33+,34-,35+,36+/m0/s1. The SMILES string of the molecule is C[C@H]1[C@@H](CN(C)[C@@H](C)[C@H](O)c2ccccc2)O[C@@H](c2cccc(-c3cccc(CN)c3)c2)O[C@H]1c1ccc(CO)cc1. The van der Waals surface area contributed by atoms with E-state index in [9.17, 15) is 10.2 Å². The fraction of sp³-hybridized carbons (Fsp3) is 0.333. The zero-order valence-corrected chi connectivity index (χ0v) is 24.6. The number of hydrogen-bond acceptors (Lipinski definition) is 6. The minimum Gasteiger partial charge on any atom is -0.392 e. The van der Waals surface area contributed by atoms with Gasteiger partial charge in [0.1, 0.15) is 0 Å². The van der Waals surface area contributed by atoms with Crippen molar-refractivity contribution in [3.8, 4) is 11.1 Å². The Bertz CT molecular complexity index is 1430. The predicted molar refractivity (Wildman–Crippen MR) is 166 cm³/mol. The molecule has 6 atom stereocenters. The molecule has 6 heteroatoms. The van der Waals surface area contributed by atoms with Crippen LogP contribution in [0, 0.1) is 5.92 Å². The van der Waals surface area contributed by atoms with Gasteiger partial charge in [0.15, 0.2) is 6.29 Å². The van der Waals surface area contributed by atoms with Gasteiger partial charge in [-0.15, -0.1) is 0 Å². The van der Waals surface area contributed by atoms with Crippen LogP contribution in [0.5, 0.6) is 0 Å². The van der Waals surface area contributed by atoms with Crippen LogP contribution in [0.1, 0.15) is 60.2 Å². The summed E-state index contributed by atoms with van der Waals surface area (Å²) in [4.78, 5) is 2.17. The van der Waals surface area contributed by atoms with Gasteiger partial charge in [-0.05, 0) is 59.5 Å². The first-order valence-corrected chi connectivity index (χ1v) is 14.7. The maximum absolute atomic E-state index is 11.1. The molecule has 5 rings (SSSR count). The summed E-state index contributed by atoms with van der Waals surface area (Å²) in [7, 11) is 2.04. The summed E-state index contributed by atoms with van der Waals surface area (Å²) in [6, 6.07) is 34.2. The van der Waals surface area contributed by atoms with Crippen molar-refractivity contribution in [1.29, 1.82) is 0 Å². The predicted octanol–water partition coefficient (Wildman–Crippen LogP) is 6.15.